The van der Waals surface area contributed by atoms with Gasteiger partial charge in [-0.25, -0.2) is 13.2 Å². The maximum Gasteiger partial charge on any atom is 0.337 e. The number of carbonyl (C=O) groups is 1. The van der Waals surface area contributed by atoms with Crippen molar-refractivity contribution < 1.29 is 23.1 Å². The summed E-state index contributed by atoms with van der Waals surface area (Å²) in [5, 5.41) is 11.4. The van der Waals surface area contributed by atoms with Crippen LogP contribution in [0.15, 0.2) is 53.4 Å². The van der Waals surface area contributed by atoms with Crippen LogP contribution in [0.1, 0.15) is 55.1 Å². The molecule has 1 N–H and O–H groups in total. The van der Waals surface area contributed by atoms with Gasteiger partial charge in [-0.2, -0.15) is 0 Å². The van der Waals surface area contributed by atoms with Crippen LogP contribution in [-0.4, -0.2) is 37.5 Å². The minimum Gasteiger partial charge on any atom is -0.465 e. The van der Waals surface area contributed by atoms with Crippen molar-refractivity contribution in [3.05, 3.63) is 65.2 Å². The van der Waals surface area contributed by atoms with E-state index in [9.17, 15) is 18.3 Å². The van der Waals surface area contributed by atoms with Crippen LogP contribution in [0, 0.1) is 5.41 Å². The Kier molecular flexibility index (Phi) is 4.92. The van der Waals surface area contributed by atoms with Gasteiger partial charge in [-0.05, 0) is 43.2 Å². The van der Waals surface area contributed by atoms with Crippen LogP contribution in [0.5, 0.6) is 0 Å². The molecule has 0 amide bonds. The molecule has 150 valence electrons. The van der Waals surface area contributed by atoms with Crippen LogP contribution in [-0.2, 0) is 14.6 Å². The van der Waals surface area contributed by atoms with E-state index in [1.54, 1.807) is 76.2 Å². The number of hydrogen-bond acceptors (Lipinski definition) is 5. The summed E-state index contributed by atoms with van der Waals surface area (Å²) in [4.78, 5) is 12.0. The molecule has 28 heavy (non-hydrogen) atoms. The maximum absolute atomic E-state index is 13.5. The Morgan fingerprint density at radius 1 is 1.00 bits per heavy atom. The van der Waals surface area contributed by atoms with Gasteiger partial charge >= 0.3 is 5.97 Å². The number of aliphatic hydroxyl groups excluding tert-OH is 1. The lowest BCUT2D eigenvalue weighted by molar-refractivity contribution is 0.0166. The molecule has 6 heteroatoms. The Bertz CT molecular complexity index is 1000. The Morgan fingerprint density at radius 3 is 2.14 bits per heavy atom. The average molecular weight is 403 g/mol. The first-order valence-corrected chi connectivity index (χ1v) is 10.6. The molecule has 0 saturated carbocycles. The van der Waals surface area contributed by atoms with Crippen molar-refractivity contribution in [2.75, 3.05) is 7.11 Å². The van der Waals surface area contributed by atoms with Crippen molar-refractivity contribution in [2.24, 2.45) is 5.41 Å². The van der Waals surface area contributed by atoms with Crippen LogP contribution in [0.4, 0.5) is 0 Å². The monoisotopic (exact) mass is 402 g/mol. The number of esters is 1. The number of benzene rings is 2. The van der Waals surface area contributed by atoms with Crippen LogP contribution in [0.25, 0.3) is 0 Å². The van der Waals surface area contributed by atoms with Gasteiger partial charge in [-0.15, -0.1) is 0 Å². The van der Waals surface area contributed by atoms with Gasteiger partial charge in [0.05, 0.1) is 28.4 Å². The Hall–Kier alpha value is -2.18. The molecule has 5 nitrogen and oxygen atoms in total. The van der Waals surface area contributed by atoms with Gasteiger partial charge in [0.2, 0.25) is 0 Å². The highest BCUT2D eigenvalue weighted by atomic mass is 32.2. The molecule has 0 fully saturated rings. The summed E-state index contributed by atoms with van der Waals surface area (Å²) >= 11 is 0. The van der Waals surface area contributed by atoms with E-state index in [1.165, 1.54) is 7.11 Å². The zero-order valence-electron chi connectivity index (χ0n) is 16.8. The first-order valence-electron chi connectivity index (χ1n) is 9.16. The van der Waals surface area contributed by atoms with Crippen molar-refractivity contribution >= 4 is 15.8 Å². The summed E-state index contributed by atoms with van der Waals surface area (Å²) < 4.78 is 30.5. The molecule has 2 aromatic carbocycles. The van der Waals surface area contributed by atoms with Gasteiger partial charge in [-0.1, -0.05) is 44.2 Å². The van der Waals surface area contributed by atoms with Crippen molar-refractivity contribution in [3.63, 3.8) is 0 Å². The van der Waals surface area contributed by atoms with Crippen LogP contribution in [0.2, 0.25) is 0 Å². The Labute approximate surface area is 166 Å². The van der Waals surface area contributed by atoms with Gasteiger partial charge in [0, 0.05) is 11.3 Å². The van der Waals surface area contributed by atoms with E-state index in [-0.39, 0.29) is 4.90 Å². The van der Waals surface area contributed by atoms with Gasteiger partial charge in [0.25, 0.3) is 0 Å². The first kappa shape index (κ1) is 20.6. The van der Waals surface area contributed by atoms with Gasteiger partial charge < -0.3 is 9.84 Å². The van der Waals surface area contributed by atoms with Gasteiger partial charge in [0.1, 0.15) is 0 Å². The van der Waals surface area contributed by atoms with Crippen LogP contribution >= 0.6 is 0 Å². The predicted molar refractivity (Wildman–Crippen MR) is 107 cm³/mol. The first-order chi connectivity index (χ1) is 13.0. The molecule has 1 unspecified atom stereocenters. The average Bonchev–Trinajstić information content (AvgIpc) is 2.70. The van der Waals surface area contributed by atoms with Crippen molar-refractivity contribution in [3.8, 4) is 0 Å². The number of aliphatic hydroxyl groups is 1. The molecule has 0 bridgehead atoms. The summed E-state index contributed by atoms with van der Waals surface area (Å²) in [6.45, 7) is 6.92. The summed E-state index contributed by atoms with van der Waals surface area (Å²) in [6, 6.07) is 13.6. The van der Waals surface area contributed by atoms with Crippen LogP contribution < -0.4 is 0 Å². The number of ether oxygens (including phenoxy) is 1. The van der Waals surface area contributed by atoms with E-state index < -0.39 is 38.0 Å². The van der Waals surface area contributed by atoms with Crippen molar-refractivity contribution in [2.45, 2.75) is 49.4 Å². The third kappa shape index (κ3) is 2.78. The largest absolute Gasteiger partial charge is 0.465 e. The van der Waals surface area contributed by atoms with Crippen molar-refractivity contribution in [1.29, 1.82) is 0 Å². The zero-order valence-corrected chi connectivity index (χ0v) is 17.6. The third-order valence-electron chi connectivity index (χ3n) is 6.51. The molecule has 0 aliphatic carbocycles. The molecular weight excluding hydrogens is 376 g/mol. The lowest BCUT2D eigenvalue weighted by atomic mass is 9.68. The lowest BCUT2D eigenvalue weighted by Gasteiger charge is -2.44. The fourth-order valence-electron chi connectivity index (χ4n) is 3.85. The smallest absolute Gasteiger partial charge is 0.337 e. The lowest BCUT2D eigenvalue weighted by Crippen LogP contribution is -2.52. The summed E-state index contributed by atoms with van der Waals surface area (Å²) in [6.07, 6.45) is -0.954. The molecule has 1 aliphatic rings. The summed E-state index contributed by atoms with van der Waals surface area (Å²) in [5.41, 5.74) is 0.777. The minimum absolute atomic E-state index is 0.242. The van der Waals surface area contributed by atoms with Gasteiger partial charge in [0.15, 0.2) is 9.84 Å². The third-order valence-corrected chi connectivity index (χ3v) is 9.33. The number of methoxy groups -OCH3 is 1. The fourth-order valence-corrected chi connectivity index (χ4v) is 5.98. The quantitative estimate of drug-likeness (QED) is 0.777. The zero-order chi connectivity index (χ0) is 20.9. The maximum atomic E-state index is 13.5. The minimum atomic E-state index is -3.70. The van der Waals surface area contributed by atoms with Gasteiger partial charge in [-0.3, -0.25) is 0 Å². The second-order valence-corrected chi connectivity index (χ2v) is 10.8. The van der Waals surface area contributed by atoms with E-state index in [2.05, 4.69) is 0 Å². The summed E-state index contributed by atoms with van der Waals surface area (Å²) in [7, 11) is -2.38. The topological polar surface area (TPSA) is 80.7 Å². The number of carbonyl (C=O) groups excluding carboxylic acids is 1. The highest BCUT2D eigenvalue weighted by Gasteiger charge is 2.57. The second-order valence-electron chi connectivity index (χ2n) is 8.31. The second kappa shape index (κ2) is 6.71. The highest BCUT2D eigenvalue weighted by Crippen LogP contribution is 2.52. The molecule has 2 atom stereocenters. The molecule has 0 saturated heterocycles. The van der Waals surface area contributed by atoms with E-state index in [4.69, 9.17) is 4.74 Å². The standard InChI is InChI=1S/C22H26O5S/c1-21(2)19(23)18(14-10-12-15(13-11-14)20(24)27-5)16-8-6-7-9-17(16)28(25,26)22(21,3)4/h6-13,18-19,23H,1-5H3/t18-,19?/m0/s1. The Morgan fingerprint density at radius 2 is 1.57 bits per heavy atom. The summed E-state index contributed by atoms with van der Waals surface area (Å²) in [5.74, 6) is -0.994. The number of rotatable bonds is 2. The molecule has 0 radical (unpaired) electrons. The molecule has 1 heterocycles. The number of fused-ring (bicyclic) bond motifs is 1. The van der Waals surface area contributed by atoms with E-state index >= 15 is 0 Å². The van der Waals surface area contributed by atoms with E-state index in [0.29, 0.717) is 11.1 Å². The number of hydrogen-bond donors (Lipinski definition) is 1. The predicted octanol–water partition coefficient (Wildman–Crippen LogP) is 3.56. The molecule has 0 aromatic heterocycles. The molecule has 3 rings (SSSR count). The highest BCUT2D eigenvalue weighted by molar-refractivity contribution is 7.93. The van der Waals surface area contributed by atoms with E-state index in [0.717, 1.165) is 5.56 Å². The molecular formula is C22H26O5S. The fraction of sp³-hybridized carbons (Fsp3) is 0.409. The van der Waals surface area contributed by atoms with Crippen LogP contribution in [0.3, 0.4) is 0 Å². The number of sulfone groups is 1. The molecule has 1 aliphatic heterocycles. The van der Waals surface area contributed by atoms with E-state index in [1.807, 2.05) is 0 Å². The molecule has 0 spiro atoms. The Balaban J connectivity index is 2.27. The molecule has 2 aromatic rings. The normalized spacial score (nSPS) is 24.6. The van der Waals surface area contributed by atoms with Crippen molar-refractivity contribution in [1.82, 2.24) is 0 Å². The SMILES string of the molecule is COC(=O)c1ccc([C@H]2c3ccccc3S(=O)(=O)C(C)(C)C(C)(C)C2O)cc1.